The van der Waals surface area contributed by atoms with Crippen molar-refractivity contribution in [1.82, 2.24) is 5.32 Å². The minimum Gasteiger partial charge on any atom is -0.450 e. The molecule has 1 aromatic carbocycles. The second-order valence-electron chi connectivity index (χ2n) is 4.48. The van der Waals surface area contributed by atoms with Gasteiger partial charge in [0, 0.05) is 11.6 Å². The predicted octanol–water partition coefficient (Wildman–Crippen LogP) is 2.16. The first-order valence-electron chi connectivity index (χ1n) is 5.94. The minimum atomic E-state index is -0.211. The number of halogens is 1. The molecule has 0 aliphatic carbocycles. The van der Waals surface area contributed by atoms with Crippen molar-refractivity contribution in [2.45, 2.75) is 6.42 Å². The van der Waals surface area contributed by atoms with Crippen molar-refractivity contribution >= 4 is 23.2 Å². The molecule has 1 saturated heterocycles. The van der Waals surface area contributed by atoms with Crippen LogP contribution in [0.5, 0.6) is 5.75 Å². The highest BCUT2D eigenvalue weighted by Gasteiger charge is 2.24. The van der Waals surface area contributed by atoms with Gasteiger partial charge in [0.15, 0.2) is 11.5 Å². The monoisotopic (exact) mass is 264 g/mol. The van der Waals surface area contributed by atoms with Crippen molar-refractivity contribution < 1.29 is 9.53 Å². The molecule has 0 bridgehead atoms. The van der Waals surface area contributed by atoms with Crippen molar-refractivity contribution in [3.63, 3.8) is 0 Å². The molecule has 3 rings (SSSR count). The number of hydrogen-bond acceptors (Lipinski definition) is 3. The van der Waals surface area contributed by atoms with E-state index in [2.05, 4.69) is 10.6 Å². The molecule has 1 unspecified atom stereocenters. The molecule has 0 aromatic heterocycles. The third kappa shape index (κ3) is 2.21. The molecule has 0 radical (unpaired) electrons. The van der Waals surface area contributed by atoms with E-state index in [0.717, 1.165) is 19.5 Å². The number of carbonyl (C=O) groups excluding carboxylic acids is 1. The Bertz CT molecular complexity index is 522. The van der Waals surface area contributed by atoms with E-state index in [0.29, 0.717) is 28.1 Å². The normalized spacial score (nSPS) is 24.6. The van der Waals surface area contributed by atoms with Gasteiger partial charge in [0.25, 0.3) is 5.91 Å². The van der Waals surface area contributed by atoms with Crippen molar-refractivity contribution in [2.24, 2.45) is 5.92 Å². The number of amides is 1. The topological polar surface area (TPSA) is 50.4 Å². The third-order valence-electron chi connectivity index (χ3n) is 3.12. The Morgan fingerprint density at radius 2 is 2.33 bits per heavy atom. The first kappa shape index (κ1) is 11.6. The quantitative estimate of drug-likeness (QED) is 0.765. The summed E-state index contributed by atoms with van der Waals surface area (Å²) in [7, 11) is 0. The molecule has 0 saturated carbocycles. The maximum Gasteiger partial charge on any atom is 0.291 e. The molecule has 2 aliphatic heterocycles. The maximum atomic E-state index is 11.9. The molecule has 1 atom stereocenters. The summed E-state index contributed by atoms with van der Waals surface area (Å²) in [6, 6.07) is 5.19. The molecule has 1 fully saturated rings. The van der Waals surface area contributed by atoms with Gasteiger partial charge in [-0.3, -0.25) is 4.79 Å². The zero-order valence-electron chi connectivity index (χ0n) is 9.70. The highest BCUT2D eigenvalue weighted by atomic mass is 35.5. The molecule has 18 heavy (non-hydrogen) atoms. The highest BCUT2D eigenvalue weighted by molar-refractivity contribution is 6.31. The van der Waals surface area contributed by atoms with Crippen LogP contribution in [0.1, 0.15) is 6.42 Å². The van der Waals surface area contributed by atoms with Crippen LogP contribution in [0, 0.1) is 5.92 Å². The average molecular weight is 265 g/mol. The van der Waals surface area contributed by atoms with Gasteiger partial charge in [0.2, 0.25) is 0 Å². The minimum absolute atomic E-state index is 0.211. The lowest BCUT2D eigenvalue weighted by atomic mass is 10.1. The number of nitrogens with one attached hydrogen (secondary N) is 2. The van der Waals surface area contributed by atoms with Gasteiger partial charge in [-0.2, -0.15) is 0 Å². The summed E-state index contributed by atoms with van der Waals surface area (Å²) >= 11 is 5.87. The first-order valence-corrected chi connectivity index (χ1v) is 6.31. The summed E-state index contributed by atoms with van der Waals surface area (Å²) in [5.74, 6) is 1.16. The lowest BCUT2D eigenvalue weighted by molar-refractivity contribution is -0.115. The SMILES string of the molecule is O=C1Nc2cc(Cl)ccc2O/C1=C\C1CCNC1. The summed E-state index contributed by atoms with van der Waals surface area (Å²) in [6.45, 7) is 1.88. The summed E-state index contributed by atoms with van der Waals surface area (Å²) in [5.41, 5.74) is 0.620. The van der Waals surface area contributed by atoms with Crippen LogP contribution in [-0.2, 0) is 4.79 Å². The van der Waals surface area contributed by atoms with Crippen molar-refractivity contribution in [1.29, 1.82) is 0 Å². The fourth-order valence-electron chi connectivity index (χ4n) is 2.18. The molecular weight excluding hydrogens is 252 g/mol. The second-order valence-corrected chi connectivity index (χ2v) is 4.92. The van der Waals surface area contributed by atoms with Gasteiger partial charge in [0.1, 0.15) is 0 Å². The summed E-state index contributed by atoms with van der Waals surface area (Å²) < 4.78 is 5.62. The van der Waals surface area contributed by atoms with E-state index in [4.69, 9.17) is 16.3 Å². The number of carbonyl (C=O) groups is 1. The maximum absolute atomic E-state index is 11.9. The van der Waals surface area contributed by atoms with Crippen LogP contribution in [0.2, 0.25) is 5.02 Å². The van der Waals surface area contributed by atoms with Crippen LogP contribution in [-0.4, -0.2) is 19.0 Å². The zero-order valence-corrected chi connectivity index (χ0v) is 10.5. The Kier molecular flexibility index (Phi) is 2.97. The second kappa shape index (κ2) is 4.63. The van der Waals surface area contributed by atoms with Gasteiger partial charge >= 0.3 is 0 Å². The van der Waals surface area contributed by atoms with E-state index in [-0.39, 0.29) is 5.91 Å². The molecule has 94 valence electrons. The summed E-state index contributed by atoms with van der Waals surface area (Å²) in [4.78, 5) is 11.9. The fourth-order valence-corrected chi connectivity index (χ4v) is 2.35. The van der Waals surface area contributed by atoms with Crippen LogP contribution in [0.3, 0.4) is 0 Å². The van der Waals surface area contributed by atoms with Crippen LogP contribution < -0.4 is 15.4 Å². The highest BCUT2D eigenvalue weighted by Crippen LogP contribution is 2.33. The average Bonchev–Trinajstić information content (AvgIpc) is 2.83. The van der Waals surface area contributed by atoms with E-state index >= 15 is 0 Å². The van der Waals surface area contributed by atoms with Gasteiger partial charge in [-0.15, -0.1) is 0 Å². The molecule has 2 heterocycles. The van der Waals surface area contributed by atoms with E-state index in [1.54, 1.807) is 18.2 Å². The number of ether oxygens (including phenoxy) is 1. The predicted molar refractivity (Wildman–Crippen MR) is 69.8 cm³/mol. The Morgan fingerprint density at radius 3 is 3.11 bits per heavy atom. The van der Waals surface area contributed by atoms with Crippen LogP contribution in [0.15, 0.2) is 30.0 Å². The van der Waals surface area contributed by atoms with Gasteiger partial charge in [-0.25, -0.2) is 0 Å². The number of rotatable bonds is 1. The van der Waals surface area contributed by atoms with Gasteiger partial charge in [-0.1, -0.05) is 11.6 Å². The van der Waals surface area contributed by atoms with Crippen LogP contribution in [0.4, 0.5) is 5.69 Å². The van der Waals surface area contributed by atoms with Gasteiger partial charge in [-0.05, 0) is 43.2 Å². The molecule has 2 N–H and O–H groups in total. The van der Waals surface area contributed by atoms with E-state index < -0.39 is 0 Å². The molecule has 1 aromatic rings. The van der Waals surface area contributed by atoms with Crippen LogP contribution >= 0.6 is 11.6 Å². The summed E-state index contributed by atoms with van der Waals surface area (Å²) in [5, 5.41) is 6.62. The molecule has 2 aliphatic rings. The first-order chi connectivity index (χ1) is 8.72. The number of fused-ring (bicyclic) bond motifs is 1. The lowest BCUT2D eigenvalue weighted by Crippen LogP contribution is -2.24. The van der Waals surface area contributed by atoms with Crippen LogP contribution in [0.25, 0.3) is 0 Å². The standard InChI is InChI=1S/C13H13ClN2O2/c14-9-1-2-11-10(6-9)16-13(17)12(18-11)5-8-3-4-15-7-8/h1-2,5-6,8,15H,3-4,7H2,(H,16,17)/b12-5-. The lowest BCUT2D eigenvalue weighted by Gasteiger charge is -2.20. The van der Waals surface area contributed by atoms with Crippen molar-refractivity contribution in [3.8, 4) is 5.75 Å². The van der Waals surface area contributed by atoms with Crippen molar-refractivity contribution in [2.75, 3.05) is 18.4 Å². The molecule has 5 heteroatoms. The van der Waals surface area contributed by atoms with E-state index in [1.807, 2.05) is 6.08 Å². The molecular formula is C13H13ClN2O2. The van der Waals surface area contributed by atoms with E-state index in [1.165, 1.54) is 0 Å². The number of benzene rings is 1. The fraction of sp³-hybridized carbons (Fsp3) is 0.308. The number of hydrogen-bond donors (Lipinski definition) is 2. The Hall–Kier alpha value is -1.52. The Morgan fingerprint density at radius 1 is 1.44 bits per heavy atom. The van der Waals surface area contributed by atoms with Crippen molar-refractivity contribution in [3.05, 3.63) is 35.1 Å². The Labute approximate surface area is 110 Å². The van der Waals surface area contributed by atoms with Gasteiger partial charge in [0.05, 0.1) is 5.69 Å². The molecule has 4 nitrogen and oxygen atoms in total. The van der Waals surface area contributed by atoms with Gasteiger partial charge < -0.3 is 15.4 Å². The molecule has 0 spiro atoms. The third-order valence-corrected chi connectivity index (χ3v) is 3.35. The largest absolute Gasteiger partial charge is 0.450 e. The zero-order chi connectivity index (χ0) is 12.5. The Balaban J connectivity index is 1.87. The smallest absolute Gasteiger partial charge is 0.291 e. The summed E-state index contributed by atoms with van der Waals surface area (Å²) in [6.07, 6.45) is 2.93. The molecule has 1 amide bonds. The van der Waals surface area contributed by atoms with E-state index in [9.17, 15) is 4.79 Å². The number of anilines is 1.